The van der Waals surface area contributed by atoms with E-state index < -0.39 is 17.0 Å². The number of hydrogen-bond donors (Lipinski definition) is 0. The van der Waals surface area contributed by atoms with Crippen LogP contribution in [0.3, 0.4) is 0 Å². The second-order valence-corrected chi connectivity index (χ2v) is 6.54. The van der Waals surface area contributed by atoms with Gasteiger partial charge in [0.25, 0.3) is 5.91 Å². The van der Waals surface area contributed by atoms with Gasteiger partial charge >= 0.3 is 5.97 Å². The fraction of sp³-hybridized carbons (Fsp3) is 0.429. The summed E-state index contributed by atoms with van der Waals surface area (Å²) in [6, 6.07) is 2.36. The molecule has 0 spiro atoms. The normalized spacial score (nSPS) is 11.5. The third-order valence-corrected chi connectivity index (χ3v) is 5.06. The van der Waals surface area contributed by atoms with Crippen LogP contribution in [-0.2, 0) is 9.53 Å². The number of nitrogens with zero attached hydrogens (tertiary/aromatic N) is 3. The third-order valence-electron chi connectivity index (χ3n) is 2.74. The number of azide groups is 1. The topological polar surface area (TPSA) is 92.1 Å². The molecule has 0 N–H and O–H groups in total. The van der Waals surface area contributed by atoms with Crippen molar-refractivity contribution >= 4 is 39.6 Å². The first-order valence-electron chi connectivity index (χ1n) is 6.86. The van der Waals surface area contributed by atoms with Crippen molar-refractivity contribution in [3.8, 4) is 0 Å². The Balaban J connectivity index is 3.06. The zero-order valence-corrected chi connectivity index (χ0v) is 15.0. The molecule has 0 radical (unpaired) electrons. The fourth-order valence-electron chi connectivity index (χ4n) is 1.62. The summed E-state index contributed by atoms with van der Waals surface area (Å²) in [7, 11) is 0. The van der Waals surface area contributed by atoms with Gasteiger partial charge in [-0.25, -0.2) is 4.39 Å². The fourth-order valence-corrected chi connectivity index (χ4v) is 3.22. The van der Waals surface area contributed by atoms with E-state index >= 15 is 0 Å². The third kappa shape index (κ3) is 5.53. The second-order valence-electron chi connectivity index (χ2n) is 4.44. The van der Waals surface area contributed by atoms with Crippen LogP contribution in [-0.4, -0.2) is 23.7 Å². The molecule has 0 aromatic heterocycles. The van der Waals surface area contributed by atoms with Crippen LogP contribution in [0.5, 0.6) is 0 Å². The summed E-state index contributed by atoms with van der Waals surface area (Å²) in [4.78, 5) is 26.4. The molecule has 0 aliphatic carbocycles. The number of rotatable bonds is 7. The Labute approximate surface area is 145 Å². The van der Waals surface area contributed by atoms with E-state index in [1.54, 1.807) is 0 Å². The van der Waals surface area contributed by atoms with Crippen LogP contribution >= 0.6 is 27.7 Å². The van der Waals surface area contributed by atoms with Gasteiger partial charge in [0.15, 0.2) is 0 Å². The van der Waals surface area contributed by atoms with Gasteiger partial charge in [-0.05, 0) is 51.5 Å². The van der Waals surface area contributed by atoms with Crippen molar-refractivity contribution in [2.75, 3.05) is 6.61 Å². The average molecular weight is 404 g/mol. The molecule has 0 bridgehead atoms. The van der Waals surface area contributed by atoms with Crippen molar-refractivity contribution in [1.82, 2.24) is 0 Å². The van der Waals surface area contributed by atoms with E-state index in [0.717, 1.165) is 24.2 Å². The molecule has 23 heavy (non-hydrogen) atoms. The Morgan fingerprint density at radius 2 is 2.17 bits per heavy atom. The highest BCUT2D eigenvalue weighted by Crippen LogP contribution is 2.34. The molecule has 9 heteroatoms. The quantitative estimate of drug-likeness (QED) is 0.213. The van der Waals surface area contributed by atoms with Crippen molar-refractivity contribution in [3.63, 3.8) is 0 Å². The van der Waals surface area contributed by atoms with Gasteiger partial charge in [0, 0.05) is 14.3 Å². The molecule has 124 valence electrons. The average Bonchev–Trinajstić information content (AvgIpc) is 2.52. The highest BCUT2D eigenvalue weighted by molar-refractivity contribution is 9.10. The number of hydrogen-bond acceptors (Lipinski definition) is 4. The predicted molar refractivity (Wildman–Crippen MR) is 88.8 cm³/mol. The smallest absolute Gasteiger partial charge is 0.319 e. The minimum Gasteiger partial charge on any atom is -0.465 e. The van der Waals surface area contributed by atoms with Crippen molar-refractivity contribution in [3.05, 3.63) is 38.4 Å². The summed E-state index contributed by atoms with van der Waals surface area (Å²) >= 11 is 4.36. The molecule has 0 saturated heterocycles. The Kier molecular flexibility index (Phi) is 8.08. The van der Waals surface area contributed by atoms with Crippen molar-refractivity contribution in [2.45, 2.75) is 36.8 Å². The Hall–Kier alpha value is -1.57. The number of carbonyl (C=O) groups is 2. The lowest BCUT2D eigenvalue weighted by Crippen LogP contribution is -2.20. The maximum absolute atomic E-state index is 13.8. The molecule has 1 unspecified atom stereocenters. The summed E-state index contributed by atoms with van der Waals surface area (Å²) in [5, 5.41) is 2.41. The molecule has 1 aromatic rings. The van der Waals surface area contributed by atoms with Crippen LogP contribution in [0.1, 0.15) is 37.0 Å². The van der Waals surface area contributed by atoms with Gasteiger partial charge in [0.2, 0.25) is 0 Å². The largest absolute Gasteiger partial charge is 0.465 e. The zero-order valence-electron chi connectivity index (χ0n) is 12.6. The number of thioether (sulfide) groups is 1. The summed E-state index contributed by atoms with van der Waals surface area (Å²) in [6.07, 6.45) is 1.23. The lowest BCUT2D eigenvalue weighted by atomic mass is 10.2. The molecule has 1 rings (SSSR count). The number of halogens is 2. The Bertz CT molecular complexity index is 650. The number of carbonyl (C=O) groups excluding carboxylic acids is 2. The van der Waals surface area contributed by atoms with E-state index in [1.807, 2.05) is 13.8 Å². The number of benzene rings is 1. The molecule has 0 saturated carbocycles. The van der Waals surface area contributed by atoms with Crippen LogP contribution in [0.2, 0.25) is 0 Å². The van der Waals surface area contributed by atoms with Crippen LogP contribution in [0, 0.1) is 5.82 Å². The highest BCUT2D eigenvalue weighted by atomic mass is 79.9. The van der Waals surface area contributed by atoms with Crippen molar-refractivity contribution < 1.29 is 18.7 Å². The van der Waals surface area contributed by atoms with Crippen molar-refractivity contribution in [1.29, 1.82) is 0 Å². The summed E-state index contributed by atoms with van der Waals surface area (Å²) < 4.78 is 19.3. The van der Waals surface area contributed by atoms with Gasteiger partial charge in [0.1, 0.15) is 11.1 Å². The molecule has 1 atom stereocenters. The van der Waals surface area contributed by atoms with Gasteiger partial charge in [-0.1, -0.05) is 13.8 Å². The van der Waals surface area contributed by atoms with Gasteiger partial charge in [0.05, 0.1) is 12.2 Å². The van der Waals surface area contributed by atoms with Gasteiger partial charge in [-0.2, -0.15) is 0 Å². The minimum atomic E-state index is -1.01. The van der Waals surface area contributed by atoms with E-state index in [-0.39, 0.29) is 11.5 Å². The first kappa shape index (κ1) is 19.5. The van der Waals surface area contributed by atoms with E-state index in [2.05, 4.69) is 26.0 Å². The monoisotopic (exact) mass is 403 g/mol. The standard InChI is InChI=1S/C14H15BrFN3O3S/c1-3-5-22-14(21)11(4-2)23-12-6-8(13(20)18-19-17)10(16)7-9(12)15/h6-7,11H,3-5H2,1-2H3. The van der Waals surface area contributed by atoms with E-state index in [9.17, 15) is 14.0 Å². The van der Waals surface area contributed by atoms with Crippen molar-refractivity contribution in [2.24, 2.45) is 5.11 Å². The number of ether oxygens (including phenoxy) is 1. The first-order valence-corrected chi connectivity index (χ1v) is 8.53. The zero-order chi connectivity index (χ0) is 17.4. The van der Waals surface area contributed by atoms with Gasteiger partial charge in [-0.3, -0.25) is 9.59 Å². The van der Waals surface area contributed by atoms with Gasteiger partial charge in [-0.15, -0.1) is 11.8 Å². The lowest BCUT2D eigenvalue weighted by molar-refractivity contribution is -0.143. The molecule has 0 heterocycles. The summed E-state index contributed by atoms with van der Waals surface area (Å²) in [5.74, 6) is -2.18. The van der Waals surface area contributed by atoms with Crippen LogP contribution in [0.15, 0.2) is 26.6 Å². The molecular formula is C14H15BrFN3O3S. The van der Waals surface area contributed by atoms with Crippen LogP contribution in [0.4, 0.5) is 4.39 Å². The minimum absolute atomic E-state index is 0.334. The molecular weight excluding hydrogens is 389 g/mol. The molecule has 1 aromatic carbocycles. The van der Waals surface area contributed by atoms with Crippen LogP contribution < -0.4 is 0 Å². The molecule has 6 nitrogen and oxygen atoms in total. The Morgan fingerprint density at radius 1 is 1.48 bits per heavy atom. The SMILES string of the molecule is CCCOC(=O)C(CC)Sc1cc(C(=O)N=[N+]=[N-])c(F)cc1Br. The highest BCUT2D eigenvalue weighted by Gasteiger charge is 2.22. The maximum atomic E-state index is 13.8. The Morgan fingerprint density at radius 3 is 2.74 bits per heavy atom. The van der Waals surface area contributed by atoms with E-state index in [4.69, 9.17) is 10.3 Å². The second kappa shape index (κ2) is 9.54. The number of amides is 1. The molecule has 0 aliphatic heterocycles. The first-order chi connectivity index (χ1) is 10.9. The summed E-state index contributed by atoms with van der Waals surface area (Å²) in [6.45, 7) is 4.06. The molecule has 1 amide bonds. The molecule has 0 aliphatic rings. The van der Waals surface area contributed by atoms with Crippen LogP contribution in [0.25, 0.3) is 10.4 Å². The predicted octanol–water partition coefficient (Wildman–Crippen LogP) is 4.86. The number of esters is 1. The van der Waals surface area contributed by atoms with Gasteiger partial charge < -0.3 is 4.74 Å². The van der Waals surface area contributed by atoms with E-state index in [1.165, 1.54) is 6.07 Å². The van der Waals surface area contributed by atoms with E-state index in [0.29, 0.717) is 22.4 Å². The summed E-state index contributed by atoms with van der Waals surface area (Å²) in [5.41, 5.74) is 7.95. The maximum Gasteiger partial charge on any atom is 0.319 e. The lowest BCUT2D eigenvalue weighted by Gasteiger charge is -2.15. The molecule has 0 fully saturated rings.